The van der Waals surface area contributed by atoms with Crippen LogP contribution < -0.4 is 4.74 Å². The van der Waals surface area contributed by atoms with Crippen LogP contribution in [0.3, 0.4) is 0 Å². The van der Waals surface area contributed by atoms with E-state index >= 15 is 0 Å². The van der Waals surface area contributed by atoms with Gasteiger partial charge in [-0.15, -0.1) is 0 Å². The number of fused-ring (bicyclic) bond motifs is 1. The Hall–Kier alpha value is -1.43. The Kier molecular flexibility index (Phi) is 5.04. The van der Waals surface area contributed by atoms with Crippen molar-refractivity contribution in [1.82, 2.24) is 9.88 Å². The number of rotatable bonds is 4. The van der Waals surface area contributed by atoms with Gasteiger partial charge in [0, 0.05) is 18.0 Å². The van der Waals surface area contributed by atoms with Gasteiger partial charge in [-0.3, -0.25) is 9.98 Å². The predicted molar refractivity (Wildman–Crippen MR) is 109 cm³/mol. The van der Waals surface area contributed by atoms with E-state index in [0.717, 1.165) is 28.6 Å². The van der Waals surface area contributed by atoms with Gasteiger partial charge in [-0.2, -0.15) is 0 Å². The third kappa shape index (κ3) is 2.96. The molecule has 0 amide bonds. The van der Waals surface area contributed by atoms with Gasteiger partial charge in [0.15, 0.2) is 10.9 Å². The molecule has 0 spiro atoms. The number of thioether (sulfide) groups is 1. The van der Waals surface area contributed by atoms with E-state index in [-0.39, 0.29) is 12.1 Å². The molecular weight excluding hydrogens is 389 g/mol. The van der Waals surface area contributed by atoms with Crippen molar-refractivity contribution in [2.75, 3.05) is 12.9 Å². The third-order valence-electron chi connectivity index (χ3n) is 4.90. The van der Waals surface area contributed by atoms with E-state index in [0.29, 0.717) is 21.8 Å². The van der Waals surface area contributed by atoms with Crippen LogP contribution in [0.2, 0.25) is 10.0 Å². The molecule has 1 saturated heterocycles. The van der Waals surface area contributed by atoms with Gasteiger partial charge in [0.2, 0.25) is 0 Å². The van der Waals surface area contributed by atoms with Crippen molar-refractivity contribution in [3.8, 4) is 5.75 Å². The summed E-state index contributed by atoms with van der Waals surface area (Å²) in [4.78, 5) is 12.0. The summed E-state index contributed by atoms with van der Waals surface area (Å²) in [7, 11) is 1.57. The van der Waals surface area contributed by atoms with Crippen LogP contribution in [-0.2, 0) is 0 Å². The van der Waals surface area contributed by atoms with Gasteiger partial charge in [-0.25, -0.2) is 0 Å². The number of aliphatic imine (C=N–C) groups is 1. The monoisotopic (exact) mass is 407 g/mol. The lowest BCUT2D eigenvalue weighted by molar-refractivity contribution is 0.255. The van der Waals surface area contributed by atoms with E-state index in [4.69, 9.17) is 32.9 Å². The van der Waals surface area contributed by atoms with Gasteiger partial charge < -0.3 is 9.64 Å². The quantitative estimate of drug-likeness (QED) is 0.681. The van der Waals surface area contributed by atoms with Crippen LogP contribution in [0.5, 0.6) is 5.75 Å². The van der Waals surface area contributed by atoms with Crippen molar-refractivity contribution < 1.29 is 4.74 Å². The molecule has 4 nitrogen and oxygen atoms in total. The van der Waals surface area contributed by atoms with Crippen molar-refractivity contribution in [3.63, 3.8) is 0 Å². The molecule has 0 aliphatic carbocycles. The molecule has 3 heterocycles. The molecule has 1 aromatic carbocycles. The second kappa shape index (κ2) is 7.29. The first-order valence-corrected chi connectivity index (χ1v) is 10.3. The Morgan fingerprint density at radius 2 is 2.04 bits per heavy atom. The summed E-state index contributed by atoms with van der Waals surface area (Å²) in [5, 5.41) is 2.12. The highest BCUT2D eigenvalue weighted by molar-refractivity contribution is 8.14. The summed E-state index contributed by atoms with van der Waals surface area (Å²) in [6.45, 7) is 2.22. The number of benzene rings is 1. The summed E-state index contributed by atoms with van der Waals surface area (Å²) >= 11 is 14.7. The molecule has 0 bridgehead atoms. The second-order valence-electron chi connectivity index (χ2n) is 6.35. The molecule has 26 heavy (non-hydrogen) atoms. The Balaban J connectivity index is 1.82. The van der Waals surface area contributed by atoms with Crippen LogP contribution in [0.15, 0.2) is 41.5 Å². The van der Waals surface area contributed by atoms with Crippen molar-refractivity contribution >= 4 is 40.1 Å². The minimum Gasteiger partial charge on any atom is -0.494 e. The number of methoxy groups -OCH3 is 1. The smallest absolute Gasteiger partial charge is 0.160 e. The number of pyridine rings is 1. The minimum atomic E-state index is -0.0754. The zero-order valence-corrected chi connectivity index (χ0v) is 16.9. The van der Waals surface area contributed by atoms with Gasteiger partial charge in [-0.05, 0) is 36.2 Å². The summed E-state index contributed by atoms with van der Waals surface area (Å²) in [6.07, 6.45) is 2.88. The van der Waals surface area contributed by atoms with E-state index in [1.165, 1.54) is 0 Å². The zero-order chi connectivity index (χ0) is 18.3. The average Bonchev–Trinajstić information content (AvgIpc) is 3.21. The van der Waals surface area contributed by atoms with E-state index in [1.54, 1.807) is 7.11 Å². The molecule has 0 saturated carbocycles. The number of amidine groups is 1. The van der Waals surface area contributed by atoms with Crippen LogP contribution in [0, 0.1) is 0 Å². The van der Waals surface area contributed by atoms with Crippen LogP contribution >= 0.6 is 35.0 Å². The normalized spacial score (nSPS) is 24.5. The molecule has 3 atom stereocenters. The van der Waals surface area contributed by atoms with Gasteiger partial charge in [-0.1, -0.05) is 48.0 Å². The topological polar surface area (TPSA) is 37.7 Å². The molecule has 2 aromatic rings. The highest BCUT2D eigenvalue weighted by atomic mass is 35.5. The molecule has 2 aliphatic rings. The largest absolute Gasteiger partial charge is 0.494 e. The van der Waals surface area contributed by atoms with Crippen molar-refractivity contribution in [2.45, 2.75) is 31.5 Å². The van der Waals surface area contributed by atoms with Crippen LogP contribution in [0.1, 0.15) is 36.7 Å². The summed E-state index contributed by atoms with van der Waals surface area (Å²) in [5.74, 6) is 1.56. The van der Waals surface area contributed by atoms with Crippen molar-refractivity contribution in [2.24, 2.45) is 4.99 Å². The molecule has 0 unspecified atom stereocenters. The molecule has 136 valence electrons. The number of nitrogens with zero attached hydrogens (tertiary/aromatic N) is 3. The Bertz CT molecular complexity index is 823. The lowest BCUT2D eigenvalue weighted by Crippen LogP contribution is -2.35. The van der Waals surface area contributed by atoms with E-state index in [2.05, 4.69) is 16.8 Å². The van der Waals surface area contributed by atoms with E-state index < -0.39 is 0 Å². The second-order valence-corrected chi connectivity index (χ2v) is 8.16. The van der Waals surface area contributed by atoms with Crippen LogP contribution in [0.25, 0.3) is 0 Å². The first kappa shape index (κ1) is 18.0. The maximum atomic E-state index is 6.43. The number of ether oxygens (including phenoxy) is 1. The van der Waals surface area contributed by atoms with Crippen molar-refractivity contribution in [1.29, 1.82) is 0 Å². The fourth-order valence-electron chi connectivity index (χ4n) is 3.66. The van der Waals surface area contributed by atoms with Crippen LogP contribution in [-0.4, -0.2) is 34.0 Å². The fraction of sp³-hybridized carbons (Fsp3) is 0.368. The number of aromatic nitrogens is 1. The zero-order valence-electron chi connectivity index (χ0n) is 14.5. The molecule has 1 fully saturated rings. The van der Waals surface area contributed by atoms with E-state index in [9.17, 15) is 0 Å². The Labute approximate surface area is 167 Å². The molecule has 0 radical (unpaired) electrons. The van der Waals surface area contributed by atoms with Crippen molar-refractivity contribution in [3.05, 3.63) is 57.8 Å². The molecule has 1 aromatic heterocycles. The number of hydrogen-bond donors (Lipinski definition) is 0. The third-order valence-corrected chi connectivity index (χ3v) is 6.58. The van der Waals surface area contributed by atoms with Gasteiger partial charge >= 0.3 is 0 Å². The van der Waals surface area contributed by atoms with Gasteiger partial charge in [0.05, 0.1) is 28.9 Å². The number of hydrogen-bond acceptors (Lipinski definition) is 5. The molecule has 0 N–H and O–H groups in total. The summed E-state index contributed by atoms with van der Waals surface area (Å²) in [6, 6.07) is 10.2. The Morgan fingerprint density at radius 1 is 1.27 bits per heavy atom. The average molecular weight is 408 g/mol. The predicted octanol–water partition coefficient (Wildman–Crippen LogP) is 5.38. The SMILES string of the molecule is CC[C@@H]1CSC2=N[C@H](c3ccccn3)[C@H](c3cc(Cl)c(OC)c(Cl)c3)N21. The fourth-order valence-corrected chi connectivity index (χ4v) is 5.65. The van der Waals surface area contributed by atoms with Gasteiger partial charge in [0.1, 0.15) is 6.04 Å². The molecule has 4 rings (SSSR count). The Morgan fingerprint density at radius 3 is 2.65 bits per heavy atom. The van der Waals surface area contributed by atoms with Crippen LogP contribution in [0.4, 0.5) is 0 Å². The molecular formula is C19H19Cl2N3OS. The highest BCUT2D eigenvalue weighted by Crippen LogP contribution is 2.50. The standard InChI is InChI=1S/C19H19Cl2N3OS/c1-3-12-10-26-19-23-16(15-6-4-5-7-22-15)17(24(12)19)11-8-13(20)18(25-2)14(21)9-11/h4-9,12,16-17H,3,10H2,1-2H3/t12-,16-,17+/m1/s1. The van der Waals surface area contributed by atoms with E-state index in [1.807, 2.05) is 48.3 Å². The first-order chi connectivity index (χ1) is 12.6. The maximum absolute atomic E-state index is 6.43. The number of halogens is 2. The molecule has 7 heteroatoms. The highest BCUT2D eigenvalue weighted by Gasteiger charge is 2.45. The maximum Gasteiger partial charge on any atom is 0.160 e. The lowest BCUT2D eigenvalue weighted by Gasteiger charge is -2.32. The molecule has 2 aliphatic heterocycles. The van der Waals surface area contributed by atoms with Gasteiger partial charge in [0.25, 0.3) is 0 Å². The lowest BCUT2D eigenvalue weighted by atomic mass is 9.95. The minimum absolute atomic E-state index is 0.0285. The summed E-state index contributed by atoms with van der Waals surface area (Å²) < 4.78 is 5.31. The summed E-state index contributed by atoms with van der Waals surface area (Å²) in [5.41, 5.74) is 1.99. The first-order valence-electron chi connectivity index (χ1n) is 8.56.